The number of halogens is 2. The van der Waals surface area contributed by atoms with Crippen LogP contribution in [0.25, 0.3) is 6.08 Å². The fourth-order valence-corrected chi connectivity index (χ4v) is 5.81. The quantitative estimate of drug-likeness (QED) is 0.131. The van der Waals surface area contributed by atoms with Crippen molar-refractivity contribution >= 4 is 17.7 Å². The minimum atomic E-state index is -1.51. The topological polar surface area (TPSA) is 180 Å². The molecule has 10 atom stereocenters. The molecule has 3 fully saturated rings. The maximum Gasteiger partial charge on any atom is 0.247 e. The number of amides is 1. The number of nitrogens with zero attached hydrogens (tertiary/aromatic N) is 1. The average Bonchev–Trinajstić information content (AvgIpc) is 3.62. The minimum Gasteiger partial charge on any atom is -0.485 e. The lowest BCUT2D eigenvalue weighted by Crippen LogP contribution is -2.67. The maximum absolute atomic E-state index is 15.0. The number of rotatable bonds is 9. The first-order chi connectivity index (χ1) is 21.5. The molecular weight excluding hydrogens is 598 g/mol. The molecule has 2 aromatic carbocycles. The van der Waals surface area contributed by atoms with E-state index >= 15 is 4.39 Å². The molecule has 2 aliphatic carbocycles. The predicted molar refractivity (Wildman–Crippen MR) is 153 cm³/mol. The second kappa shape index (κ2) is 13.9. The molecule has 12 nitrogen and oxygen atoms in total. The fraction of sp³-hybridized carbons (Fsp3) is 0.484. The Bertz CT molecular complexity index is 1440. The second-order valence-electron chi connectivity index (χ2n) is 11.4. The van der Waals surface area contributed by atoms with Gasteiger partial charge in [0, 0.05) is 17.1 Å². The van der Waals surface area contributed by atoms with Gasteiger partial charge in [-0.1, -0.05) is 29.4 Å². The van der Waals surface area contributed by atoms with Crippen LogP contribution in [0.5, 0.6) is 5.75 Å². The first-order valence-corrected chi connectivity index (χ1v) is 14.4. The largest absolute Gasteiger partial charge is 0.485 e. The van der Waals surface area contributed by atoms with Gasteiger partial charge in [0.25, 0.3) is 0 Å². The lowest BCUT2D eigenvalue weighted by atomic mass is 9.83. The number of carbonyl (C=O) groups excluding carboxylic acids is 1. The number of carbonyl (C=O) groups is 1. The van der Waals surface area contributed by atoms with Crippen molar-refractivity contribution in [3.8, 4) is 5.75 Å². The first-order valence-electron chi connectivity index (χ1n) is 14.4. The molecule has 0 radical (unpaired) electrons. The summed E-state index contributed by atoms with van der Waals surface area (Å²) in [6.07, 6.45) is -8.19. The number of oxime groups is 1. The van der Waals surface area contributed by atoms with Crippen LogP contribution in [0, 0.1) is 17.6 Å². The number of fused-ring (bicyclic) bond motifs is 1. The Morgan fingerprint density at radius 3 is 2.38 bits per heavy atom. The standard InChI is InChI=1S/C31H36F2N2O10/c1-14(31(41)34-23-26(38)28(40)30-29(27(23)39)42-13-43-30)9-16-7-8-21(20(33)10-16)45-22-11-18(24(36)25(22)37)15(2)35-44-12-17-5-3-4-6-19(17)32/h3-10,18,22-30,36-40H,11-13H2,1-2H3,(H,34,41)/b14-9+,35-15+/t18-,22-,23-,24-,25-,26+,27-,28-,29+,30-/m1/s1. The molecule has 0 bridgehead atoms. The molecule has 5 rings (SSSR count). The lowest BCUT2D eigenvalue weighted by Gasteiger charge is -2.41. The SMILES string of the molecule is C/C(=C\c1ccc(O[C@@H]2C[C@H](/C(C)=N/OCc3ccccc3F)[C@@H](O)[C@@H]2O)c(F)c1)C(=O)N[C@@H]1[C@H](O)[C@@H](O)[C@H]2OCO[C@H]2[C@@H]1O. The Kier molecular flexibility index (Phi) is 10.1. The molecule has 0 unspecified atom stereocenters. The summed E-state index contributed by atoms with van der Waals surface area (Å²) in [4.78, 5) is 18.1. The number of ether oxygens (including phenoxy) is 3. The van der Waals surface area contributed by atoms with Gasteiger partial charge in [0.05, 0.1) is 17.9 Å². The van der Waals surface area contributed by atoms with Gasteiger partial charge in [-0.15, -0.1) is 0 Å². The van der Waals surface area contributed by atoms with Gasteiger partial charge >= 0.3 is 0 Å². The predicted octanol–water partition coefficient (Wildman–Crippen LogP) is 0.772. The molecule has 0 aromatic heterocycles. The van der Waals surface area contributed by atoms with Crippen molar-refractivity contribution in [2.24, 2.45) is 11.1 Å². The summed E-state index contributed by atoms with van der Waals surface area (Å²) < 4.78 is 45.0. The van der Waals surface area contributed by atoms with E-state index in [0.717, 1.165) is 6.07 Å². The van der Waals surface area contributed by atoms with Gasteiger partial charge in [-0.3, -0.25) is 4.79 Å². The van der Waals surface area contributed by atoms with Crippen LogP contribution in [0.15, 0.2) is 53.2 Å². The van der Waals surface area contributed by atoms with Crippen molar-refractivity contribution in [2.45, 2.75) is 81.7 Å². The number of hydrogen-bond donors (Lipinski definition) is 6. The number of benzene rings is 2. The van der Waals surface area contributed by atoms with E-state index in [1.807, 2.05) is 0 Å². The van der Waals surface area contributed by atoms with Crippen LogP contribution in [0.1, 0.15) is 31.4 Å². The Morgan fingerprint density at radius 2 is 1.67 bits per heavy atom. The number of hydrogen-bond acceptors (Lipinski definition) is 11. The van der Waals surface area contributed by atoms with Crippen molar-refractivity contribution < 1.29 is 58.2 Å². The highest BCUT2D eigenvalue weighted by atomic mass is 19.1. The summed E-state index contributed by atoms with van der Waals surface area (Å²) in [5.74, 6) is -2.74. The monoisotopic (exact) mass is 634 g/mol. The van der Waals surface area contributed by atoms with E-state index in [9.17, 15) is 34.7 Å². The minimum absolute atomic E-state index is 0.105. The van der Waals surface area contributed by atoms with Gasteiger partial charge in [-0.25, -0.2) is 8.78 Å². The van der Waals surface area contributed by atoms with Crippen molar-refractivity contribution in [1.82, 2.24) is 5.32 Å². The van der Waals surface area contributed by atoms with Crippen molar-refractivity contribution in [3.05, 3.63) is 70.8 Å². The molecule has 6 N–H and O–H groups in total. The fourth-order valence-electron chi connectivity index (χ4n) is 5.81. The van der Waals surface area contributed by atoms with Gasteiger partial charge in [-0.05, 0) is 50.1 Å². The van der Waals surface area contributed by atoms with Crippen LogP contribution < -0.4 is 10.1 Å². The zero-order chi connectivity index (χ0) is 32.4. The molecule has 3 aliphatic rings. The first kappa shape index (κ1) is 32.9. The normalized spacial score (nSPS) is 33.5. The third-order valence-corrected chi connectivity index (χ3v) is 8.43. The average molecular weight is 635 g/mol. The Morgan fingerprint density at radius 1 is 0.956 bits per heavy atom. The summed E-state index contributed by atoms with van der Waals surface area (Å²) in [6, 6.07) is 8.75. The highest BCUT2D eigenvalue weighted by Crippen LogP contribution is 2.33. The van der Waals surface area contributed by atoms with Gasteiger partial charge in [0.15, 0.2) is 11.6 Å². The van der Waals surface area contributed by atoms with E-state index in [-0.39, 0.29) is 31.1 Å². The molecule has 2 aromatic rings. The van der Waals surface area contributed by atoms with Crippen LogP contribution in [-0.4, -0.2) is 98.8 Å². The Balaban J connectivity index is 1.18. The third-order valence-electron chi connectivity index (χ3n) is 8.43. The van der Waals surface area contributed by atoms with Crippen molar-refractivity contribution in [2.75, 3.05) is 6.79 Å². The van der Waals surface area contributed by atoms with E-state index in [1.165, 1.54) is 31.2 Å². The number of aliphatic hydroxyl groups excluding tert-OH is 5. The van der Waals surface area contributed by atoms with Crippen LogP contribution in [0.2, 0.25) is 0 Å². The maximum atomic E-state index is 15.0. The summed E-state index contributed by atoms with van der Waals surface area (Å²) >= 11 is 0. The Labute approximate surface area is 257 Å². The van der Waals surface area contributed by atoms with E-state index in [2.05, 4.69) is 10.5 Å². The molecule has 1 amide bonds. The molecule has 1 saturated heterocycles. The molecule has 45 heavy (non-hydrogen) atoms. The highest BCUT2D eigenvalue weighted by molar-refractivity contribution is 5.97. The van der Waals surface area contributed by atoms with Crippen molar-refractivity contribution in [1.29, 1.82) is 0 Å². The zero-order valence-corrected chi connectivity index (χ0v) is 24.5. The third kappa shape index (κ3) is 7.02. The van der Waals surface area contributed by atoms with Crippen LogP contribution in [0.4, 0.5) is 8.78 Å². The van der Waals surface area contributed by atoms with Gasteiger partial charge in [-0.2, -0.15) is 0 Å². The number of aliphatic hydroxyl groups is 5. The smallest absolute Gasteiger partial charge is 0.247 e. The Hall–Kier alpha value is -3.50. The van der Waals surface area contributed by atoms with Crippen LogP contribution in [-0.2, 0) is 25.7 Å². The van der Waals surface area contributed by atoms with Gasteiger partial charge < -0.3 is 49.9 Å². The molecule has 1 aliphatic heterocycles. The van der Waals surface area contributed by atoms with E-state index < -0.39 is 78.3 Å². The van der Waals surface area contributed by atoms with E-state index in [4.69, 9.17) is 19.0 Å². The number of nitrogens with one attached hydrogen (secondary N) is 1. The highest BCUT2D eigenvalue weighted by Gasteiger charge is 2.53. The molecule has 1 heterocycles. The second-order valence-corrected chi connectivity index (χ2v) is 11.4. The lowest BCUT2D eigenvalue weighted by molar-refractivity contribution is -0.155. The van der Waals surface area contributed by atoms with Gasteiger partial charge in [0.2, 0.25) is 5.91 Å². The zero-order valence-electron chi connectivity index (χ0n) is 24.5. The molecule has 244 valence electrons. The van der Waals surface area contributed by atoms with E-state index in [0.29, 0.717) is 16.8 Å². The van der Waals surface area contributed by atoms with Crippen LogP contribution in [0.3, 0.4) is 0 Å². The molecule has 0 spiro atoms. The summed E-state index contributed by atoms with van der Waals surface area (Å²) in [6.45, 7) is 2.76. The van der Waals surface area contributed by atoms with Crippen molar-refractivity contribution in [3.63, 3.8) is 0 Å². The summed E-state index contributed by atoms with van der Waals surface area (Å²) in [7, 11) is 0. The van der Waals surface area contributed by atoms with Crippen LogP contribution >= 0.6 is 0 Å². The molecule has 14 heteroatoms. The summed E-state index contributed by atoms with van der Waals surface area (Å²) in [5.41, 5.74) is 1.07. The summed E-state index contributed by atoms with van der Waals surface area (Å²) in [5, 5.41) is 58.9. The molecule has 2 saturated carbocycles. The van der Waals surface area contributed by atoms with Gasteiger partial charge in [0.1, 0.15) is 61.9 Å². The molecular formula is C31H36F2N2O10. The van der Waals surface area contributed by atoms with E-state index in [1.54, 1.807) is 25.1 Å².